The van der Waals surface area contributed by atoms with E-state index in [0.717, 1.165) is 37.4 Å². The molecule has 2 heterocycles. The Kier molecular flexibility index (Phi) is 11.5. The third kappa shape index (κ3) is 10.0. The number of aryl methyl sites for hydroxylation is 1. The number of carbonyl (C=O) groups excluding carboxylic acids is 1. The normalized spacial score (nSPS) is 14.9. The molecule has 0 bridgehead atoms. The van der Waals surface area contributed by atoms with E-state index in [4.69, 9.17) is 4.74 Å². The first-order valence-electron chi connectivity index (χ1n) is 15.7. The second-order valence-electron chi connectivity index (χ2n) is 12.7. The maximum atomic E-state index is 13.3. The van der Waals surface area contributed by atoms with Gasteiger partial charge in [0.15, 0.2) is 0 Å². The number of rotatable bonds is 12. The minimum atomic E-state index is -3.83. The summed E-state index contributed by atoms with van der Waals surface area (Å²) in [6.45, 7) is 15.9. The van der Waals surface area contributed by atoms with E-state index in [1.807, 2.05) is 46.8 Å². The highest BCUT2D eigenvalue weighted by Crippen LogP contribution is 2.25. The topological polar surface area (TPSA) is 132 Å². The highest BCUT2D eigenvalue weighted by molar-refractivity contribution is 7.89. The van der Waals surface area contributed by atoms with E-state index in [1.54, 1.807) is 42.3 Å². The standard InChI is InChI=1S/C33H48N8O4S/c1-8-40(32(42)45-33(4,5)6)17-16-25(3)38-46(43,44)29-11-9-10-27(22-29)35-30-24(2)23-34-31(37-30)36-26-12-14-28(15-13-26)41-20-18-39(7)19-21-41/h9-15,22-23,25,38H,8,16-21H2,1-7H3,(H2,34,35,36,37). The summed E-state index contributed by atoms with van der Waals surface area (Å²) in [5.41, 5.74) is 2.83. The number of piperazine rings is 1. The van der Waals surface area contributed by atoms with Gasteiger partial charge in [-0.1, -0.05) is 6.07 Å². The lowest BCUT2D eigenvalue weighted by Gasteiger charge is -2.34. The molecule has 46 heavy (non-hydrogen) atoms. The van der Waals surface area contributed by atoms with Crippen LogP contribution in [0.4, 0.5) is 33.6 Å². The number of aromatic nitrogens is 2. The van der Waals surface area contributed by atoms with E-state index >= 15 is 0 Å². The summed E-state index contributed by atoms with van der Waals surface area (Å²) in [4.78, 5) is 27.9. The number of hydrogen-bond acceptors (Lipinski definition) is 10. The molecule has 3 aromatic rings. The van der Waals surface area contributed by atoms with Crippen LogP contribution in [0.5, 0.6) is 0 Å². The Balaban J connectivity index is 1.37. The zero-order valence-electron chi connectivity index (χ0n) is 28.0. The Labute approximate surface area is 273 Å². The van der Waals surface area contributed by atoms with E-state index in [1.165, 1.54) is 5.69 Å². The van der Waals surface area contributed by atoms with Crippen molar-refractivity contribution in [2.45, 2.75) is 64.5 Å². The number of nitrogens with zero attached hydrogens (tertiary/aromatic N) is 5. The Morgan fingerprint density at radius 1 is 1.04 bits per heavy atom. The maximum absolute atomic E-state index is 13.3. The highest BCUT2D eigenvalue weighted by Gasteiger charge is 2.23. The molecule has 1 amide bonds. The summed E-state index contributed by atoms with van der Waals surface area (Å²) in [6, 6.07) is 14.4. The number of anilines is 5. The molecule has 1 unspecified atom stereocenters. The average Bonchev–Trinajstić information content (AvgIpc) is 2.99. The lowest BCUT2D eigenvalue weighted by molar-refractivity contribution is 0.0255. The Morgan fingerprint density at radius 2 is 1.74 bits per heavy atom. The number of sulfonamides is 1. The monoisotopic (exact) mass is 652 g/mol. The van der Waals surface area contributed by atoms with Gasteiger partial charge in [0.25, 0.3) is 0 Å². The van der Waals surface area contributed by atoms with Crippen molar-refractivity contribution in [2.24, 2.45) is 0 Å². The molecule has 2 aromatic carbocycles. The van der Waals surface area contributed by atoms with Crippen LogP contribution in [0.1, 0.15) is 46.6 Å². The summed E-state index contributed by atoms with van der Waals surface area (Å²) < 4.78 is 34.7. The summed E-state index contributed by atoms with van der Waals surface area (Å²) in [5, 5.41) is 6.51. The van der Waals surface area contributed by atoms with Gasteiger partial charge in [0, 0.05) is 74.1 Å². The fraction of sp³-hybridized carbons (Fsp3) is 0.485. The van der Waals surface area contributed by atoms with Gasteiger partial charge < -0.3 is 30.1 Å². The molecule has 0 saturated carbocycles. The molecular weight excluding hydrogens is 604 g/mol. The van der Waals surface area contributed by atoms with E-state index in [0.29, 0.717) is 37.0 Å². The quantitative estimate of drug-likeness (QED) is 0.236. The molecule has 4 rings (SSSR count). The van der Waals surface area contributed by atoms with Crippen LogP contribution in [0.3, 0.4) is 0 Å². The van der Waals surface area contributed by atoms with Gasteiger partial charge in [0.1, 0.15) is 11.4 Å². The van der Waals surface area contributed by atoms with Crippen molar-refractivity contribution in [2.75, 3.05) is 61.8 Å². The molecule has 3 N–H and O–H groups in total. The van der Waals surface area contributed by atoms with Crippen LogP contribution < -0.4 is 20.3 Å². The highest BCUT2D eigenvalue weighted by atomic mass is 32.2. The lowest BCUT2D eigenvalue weighted by Crippen LogP contribution is -2.44. The van der Waals surface area contributed by atoms with Crippen LogP contribution >= 0.6 is 0 Å². The smallest absolute Gasteiger partial charge is 0.410 e. The number of carbonyl (C=O) groups is 1. The molecule has 0 radical (unpaired) electrons. The van der Waals surface area contributed by atoms with E-state index in [9.17, 15) is 13.2 Å². The largest absolute Gasteiger partial charge is 0.444 e. The van der Waals surface area contributed by atoms with Crippen LogP contribution in [0, 0.1) is 6.92 Å². The van der Waals surface area contributed by atoms with Gasteiger partial charge in [-0.15, -0.1) is 0 Å². The zero-order valence-corrected chi connectivity index (χ0v) is 28.8. The predicted molar refractivity (Wildman–Crippen MR) is 184 cm³/mol. The van der Waals surface area contributed by atoms with Crippen LogP contribution in [0.25, 0.3) is 0 Å². The van der Waals surface area contributed by atoms with Crippen LogP contribution in [-0.4, -0.2) is 92.2 Å². The fourth-order valence-corrected chi connectivity index (χ4v) is 6.23. The molecule has 250 valence electrons. The Bertz CT molecular complexity index is 1570. The van der Waals surface area contributed by atoms with Gasteiger partial charge in [-0.2, -0.15) is 4.98 Å². The van der Waals surface area contributed by atoms with Crippen molar-refractivity contribution in [3.63, 3.8) is 0 Å². The average molecular weight is 653 g/mol. The molecule has 1 aliphatic heterocycles. The van der Waals surface area contributed by atoms with Crippen LogP contribution in [0.2, 0.25) is 0 Å². The minimum absolute atomic E-state index is 0.120. The first-order valence-corrected chi connectivity index (χ1v) is 17.2. The molecule has 0 aliphatic carbocycles. The number of amides is 1. The fourth-order valence-electron chi connectivity index (χ4n) is 4.90. The van der Waals surface area contributed by atoms with Gasteiger partial charge >= 0.3 is 6.09 Å². The number of benzene rings is 2. The van der Waals surface area contributed by atoms with E-state index in [-0.39, 0.29) is 4.90 Å². The van der Waals surface area contributed by atoms with Crippen LogP contribution in [0.15, 0.2) is 59.6 Å². The zero-order chi connectivity index (χ0) is 33.5. The van der Waals surface area contributed by atoms with Gasteiger partial charge in [-0.05, 0) is 97.5 Å². The molecule has 0 spiro atoms. The lowest BCUT2D eigenvalue weighted by atomic mass is 10.2. The Hall–Kier alpha value is -3.94. The molecule has 1 atom stereocenters. The van der Waals surface area contributed by atoms with Gasteiger partial charge in [0.2, 0.25) is 16.0 Å². The second-order valence-corrected chi connectivity index (χ2v) is 14.4. The van der Waals surface area contributed by atoms with Crippen molar-refractivity contribution in [3.8, 4) is 0 Å². The van der Waals surface area contributed by atoms with Gasteiger partial charge in [-0.3, -0.25) is 0 Å². The first kappa shape index (κ1) is 34.9. The summed E-state index contributed by atoms with van der Waals surface area (Å²) in [6.07, 6.45) is 1.73. The molecule has 1 saturated heterocycles. The molecule has 12 nitrogen and oxygen atoms in total. The Morgan fingerprint density at radius 3 is 2.39 bits per heavy atom. The molecule has 1 aromatic heterocycles. The number of nitrogens with one attached hydrogen (secondary N) is 3. The summed E-state index contributed by atoms with van der Waals surface area (Å²) in [7, 11) is -1.68. The first-order chi connectivity index (χ1) is 21.7. The number of ether oxygens (including phenoxy) is 1. The second kappa shape index (κ2) is 15.1. The van der Waals surface area contributed by atoms with Crippen molar-refractivity contribution in [1.29, 1.82) is 0 Å². The van der Waals surface area contributed by atoms with Crippen molar-refractivity contribution in [3.05, 3.63) is 60.3 Å². The third-order valence-electron chi connectivity index (χ3n) is 7.59. The van der Waals surface area contributed by atoms with Crippen molar-refractivity contribution >= 4 is 44.9 Å². The third-order valence-corrected chi connectivity index (χ3v) is 9.18. The molecule has 1 fully saturated rings. The van der Waals surface area contributed by atoms with Crippen molar-refractivity contribution < 1.29 is 17.9 Å². The molecular formula is C33H48N8O4S. The maximum Gasteiger partial charge on any atom is 0.410 e. The predicted octanol–water partition coefficient (Wildman–Crippen LogP) is 5.34. The summed E-state index contributed by atoms with van der Waals surface area (Å²) in [5.74, 6) is 0.983. The van der Waals surface area contributed by atoms with Crippen molar-refractivity contribution in [1.82, 2.24) is 24.5 Å². The van der Waals surface area contributed by atoms with E-state index in [2.05, 4.69) is 54.3 Å². The number of likely N-dealkylation sites (N-methyl/N-ethyl adjacent to an activating group) is 1. The van der Waals surface area contributed by atoms with Gasteiger partial charge in [-0.25, -0.2) is 22.9 Å². The van der Waals surface area contributed by atoms with Gasteiger partial charge in [0.05, 0.1) is 4.90 Å². The summed E-state index contributed by atoms with van der Waals surface area (Å²) >= 11 is 0. The minimum Gasteiger partial charge on any atom is -0.444 e. The molecule has 1 aliphatic rings. The van der Waals surface area contributed by atoms with Crippen LogP contribution in [-0.2, 0) is 14.8 Å². The number of hydrogen-bond donors (Lipinski definition) is 3. The van der Waals surface area contributed by atoms with E-state index < -0.39 is 27.8 Å². The SMILES string of the molecule is CCN(CCC(C)NS(=O)(=O)c1cccc(Nc2nc(Nc3ccc(N4CCN(C)CC4)cc3)ncc2C)c1)C(=O)OC(C)(C)C. The molecule has 13 heteroatoms.